The number of primary amides is 1. The third-order valence-corrected chi connectivity index (χ3v) is 9.32. The molecule has 0 spiro atoms. The second kappa shape index (κ2) is 28.3. The van der Waals surface area contributed by atoms with Crippen molar-refractivity contribution >= 4 is 58.8 Å². The van der Waals surface area contributed by atoms with Crippen molar-refractivity contribution in [2.75, 3.05) is 26.2 Å². The molecule has 0 fully saturated rings. The second-order valence-corrected chi connectivity index (χ2v) is 16.2. The number of nitrogens with one attached hydrogen (secondary N) is 4. The van der Waals surface area contributed by atoms with Gasteiger partial charge < -0.3 is 55.0 Å². The van der Waals surface area contributed by atoms with E-state index in [1.807, 2.05) is 27.7 Å². The lowest BCUT2D eigenvalue weighted by Crippen LogP contribution is -2.50. The Morgan fingerprint density at radius 3 is 1.37 bits per heavy atom. The molecule has 0 rings (SSSR count). The number of hydrogen-bond donors (Lipinski definition) is 10. The Morgan fingerprint density at radius 2 is 1.00 bits per heavy atom. The minimum atomic E-state index is -1.21. The van der Waals surface area contributed by atoms with E-state index in [-0.39, 0.29) is 87.1 Å². The fourth-order valence-corrected chi connectivity index (χ4v) is 6.35. The van der Waals surface area contributed by atoms with Crippen molar-refractivity contribution in [1.82, 2.24) is 21.3 Å². The highest BCUT2D eigenvalue weighted by Crippen LogP contribution is 2.21. The zero-order valence-corrected chi connectivity index (χ0v) is 35.9. The average Bonchev–Trinajstić information content (AvgIpc) is 3.12. The van der Waals surface area contributed by atoms with Crippen LogP contribution in [0.1, 0.15) is 106 Å². The minimum Gasteiger partial charge on any atom is -0.396 e. The predicted octanol–water partition coefficient (Wildman–Crippen LogP) is -1.36. The SMILES string of the molecule is CC(=O)N[C@@H](CC(C)C)C(=O)C[C@@H](CCCN=C(N)N)C(=O)N[C@@H](CC(C)C)C(=O)C[C@@H](CCCN=C(N)N)C(=O)N[C@H](C(=O)C[C@@H](CO)C(=O)NCC(N)=O)C(C)C. The number of amides is 5. The summed E-state index contributed by atoms with van der Waals surface area (Å²) in [5, 5.41) is 20.3. The van der Waals surface area contributed by atoms with Crippen LogP contribution in [-0.4, -0.2) is 108 Å². The van der Waals surface area contributed by atoms with Crippen molar-refractivity contribution in [2.24, 2.45) is 74.2 Å². The molecule has 15 N–H and O–H groups in total. The Balaban J connectivity index is 6.51. The maximum Gasteiger partial charge on any atom is 0.236 e. The molecule has 5 amide bonds. The van der Waals surface area contributed by atoms with Crippen LogP contribution in [0.3, 0.4) is 0 Å². The molecule has 6 atom stereocenters. The third kappa shape index (κ3) is 23.8. The molecule has 0 aliphatic heterocycles. The van der Waals surface area contributed by atoms with Crippen molar-refractivity contribution in [3.05, 3.63) is 0 Å². The number of aliphatic imine (C=N–C) groups is 2. The summed E-state index contributed by atoms with van der Waals surface area (Å²) in [7, 11) is 0. The number of hydrogen-bond acceptors (Lipinski definition) is 11. The zero-order chi connectivity index (χ0) is 45.4. The quantitative estimate of drug-likeness (QED) is 0.0219. The van der Waals surface area contributed by atoms with E-state index in [1.54, 1.807) is 13.8 Å². The summed E-state index contributed by atoms with van der Waals surface area (Å²) in [6, 6.07) is -2.99. The number of carbonyl (C=O) groups excluding carboxylic acids is 8. The Morgan fingerprint density at radius 1 is 0.576 bits per heavy atom. The van der Waals surface area contributed by atoms with E-state index in [0.29, 0.717) is 12.8 Å². The maximum absolute atomic E-state index is 14.1. The molecule has 0 aliphatic carbocycles. The molecule has 0 aromatic rings. The van der Waals surface area contributed by atoms with Crippen molar-refractivity contribution in [2.45, 2.75) is 124 Å². The van der Waals surface area contributed by atoms with Crippen LogP contribution in [0.25, 0.3) is 0 Å². The average molecular weight is 838 g/mol. The van der Waals surface area contributed by atoms with Crippen molar-refractivity contribution in [1.29, 1.82) is 0 Å². The zero-order valence-electron chi connectivity index (χ0n) is 35.9. The van der Waals surface area contributed by atoms with Crippen LogP contribution in [0.15, 0.2) is 9.98 Å². The largest absolute Gasteiger partial charge is 0.396 e. The molecular formula is C39H71N11O9. The van der Waals surface area contributed by atoms with Crippen molar-refractivity contribution in [3.63, 3.8) is 0 Å². The van der Waals surface area contributed by atoms with Gasteiger partial charge in [0.15, 0.2) is 29.3 Å². The van der Waals surface area contributed by atoms with E-state index in [1.165, 1.54) is 6.92 Å². The van der Waals surface area contributed by atoms with Crippen LogP contribution in [0, 0.1) is 35.5 Å². The molecule has 59 heavy (non-hydrogen) atoms. The number of aliphatic hydroxyl groups is 1. The van der Waals surface area contributed by atoms with Crippen LogP contribution in [0.4, 0.5) is 0 Å². The van der Waals surface area contributed by atoms with Crippen LogP contribution in [0.5, 0.6) is 0 Å². The van der Waals surface area contributed by atoms with Gasteiger partial charge in [0.2, 0.25) is 29.5 Å². The molecule has 0 unspecified atom stereocenters. The number of aliphatic hydroxyl groups excluding tert-OH is 1. The molecule has 0 bridgehead atoms. The van der Waals surface area contributed by atoms with E-state index in [2.05, 4.69) is 31.3 Å². The summed E-state index contributed by atoms with van der Waals surface area (Å²) in [5.74, 6) is -8.44. The monoisotopic (exact) mass is 838 g/mol. The maximum atomic E-state index is 14.1. The smallest absolute Gasteiger partial charge is 0.236 e. The van der Waals surface area contributed by atoms with Crippen molar-refractivity contribution in [3.8, 4) is 0 Å². The first kappa shape index (κ1) is 53.9. The van der Waals surface area contributed by atoms with Gasteiger partial charge >= 0.3 is 0 Å². The van der Waals surface area contributed by atoms with Crippen LogP contribution in [-0.2, 0) is 38.4 Å². The van der Waals surface area contributed by atoms with Gasteiger partial charge in [-0.3, -0.25) is 48.3 Å². The first-order chi connectivity index (χ1) is 27.5. The summed E-state index contributed by atoms with van der Waals surface area (Å²) in [6.07, 6.45) is 0.470. The summed E-state index contributed by atoms with van der Waals surface area (Å²) >= 11 is 0. The van der Waals surface area contributed by atoms with Gasteiger partial charge in [-0.05, 0) is 56.3 Å². The van der Waals surface area contributed by atoms with Gasteiger partial charge in [0.05, 0.1) is 37.2 Å². The summed E-state index contributed by atoms with van der Waals surface area (Å²) < 4.78 is 0. The van der Waals surface area contributed by atoms with Crippen LogP contribution in [0.2, 0.25) is 0 Å². The van der Waals surface area contributed by atoms with Gasteiger partial charge in [0, 0.05) is 51.1 Å². The van der Waals surface area contributed by atoms with Crippen LogP contribution < -0.4 is 49.9 Å². The number of ketones is 3. The Kier molecular flexibility index (Phi) is 25.8. The summed E-state index contributed by atoms with van der Waals surface area (Å²) in [4.78, 5) is 113. The van der Waals surface area contributed by atoms with Gasteiger partial charge in [-0.1, -0.05) is 41.5 Å². The number of guanidine groups is 2. The molecule has 0 saturated carbocycles. The highest BCUT2D eigenvalue weighted by Gasteiger charge is 2.35. The molecule has 336 valence electrons. The first-order valence-corrected chi connectivity index (χ1v) is 20.2. The molecular weight excluding hydrogens is 766 g/mol. The normalized spacial score (nSPS) is 14.2. The van der Waals surface area contributed by atoms with Gasteiger partial charge in [-0.15, -0.1) is 0 Å². The molecule has 0 aromatic heterocycles. The van der Waals surface area contributed by atoms with E-state index in [4.69, 9.17) is 28.7 Å². The Labute approximate surface area is 347 Å². The fourth-order valence-electron chi connectivity index (χ4n) is 6.35. The lowest BCUT2D eigenvalue weighted by Gasteiger charge is -2.27. The summed E-state index contributed by atoms with van der Waals surface area (Å²) in [6.45, 7) is 11.3. The van der Waals surface area contributed by atoms with Gasteiger partial charge in [-0.25, -0.2) is 0 Å². The lowest BCUT2D eigenvalue weighted by atomic mass is 9.87. The fraction of sp³-hybridized carbons (Fsp3) is 0.744. The number of nitrogens with zero attached hydrogens (tertiary/aromatic N) is 2. The number of carbonyl (C=O) groups is 8. The van der Waals surface area contributed by atoms with Crippen LogP contribution >= 0.6 is 0 Å². The standard InChI is InChI=1S/C39H71N11O9/c1-21(2)14-28(48-24(7)52)30(53)16-25(10-8-12-45-38(41)42)36(58)49-29(15-22(3)4)31(54)17-26(11-9-13-46-39(43)44)37(59)50-34(23(5)6)32(55)18-27(20-51)35(57)47-19-33(40)56/h21-23,25-29,34,51H,8-20H2,1-7H3,(H2,40,56)(H,47,57)(H,48,52)(H,49,58)(H,50,59)(H4,41,42,45)(H4,43,44,46)/t25-,26-,27+,28+,29+,34+/m1/s1. The lowest BCUT2D eigenvalue weighted by molar-refractivity contribution is -0.136. The minimum absolute atomic E-state index is 0.0648. The highest BCUT2D eigenvalue weighted by molar-refractivity contribution is 5.97. The predicted molar refractivity (Wildman–Crippen MR) is 224 cm³/mol. The Hall–Kier alpha value is -5.14. The first-order valence-electron chi connectivity index (χ1n) is 20.2. The molecule has 0 aromatic carbocycles. The van der Waals surface area contributed by atoms with E-state index >= 15 is 0 Å². The number of nitrogens with two attached hydrogens (primary N) is 5. The van der Waals surface area contributed by atoms with E-state index in [0.717, 1.165) is 0 Å². The third-order valence-electron chi connectivity index (χ3n) is 9.32. The molecule has 20 nitrogen and oxygen atoms in total. The molecule has 0 heterocycles. The van der Waals surface area contributed by atoms with Gasteiger partial charge in [-0.2, -0.15) is 0 Å². The van der Waals surface area contributed by atoms with Crippen molar-refractivity contribution < 1.29 is 43.5 Å². The molecule has 0 radical (unpaired) electrons. The number of Topliss-reactive ketones (excluding diaryl/α,β-unsaturated/α-hetero) is 3. The van der Waals surface area contributed by atoms with Gasteiger partial charge in [0.25, 0.3) is 0 Å². The molecule has 20 heteroatoms. The molecule has 0 saturated heterocycles. The van der Waals surface area contributed by atoms with E-state index in [9.17, 15) is 43.5 Å². The number of rotatable bonds is 31. The van der Waals surface area contributed by atoms with E-state index < -0.39 is 96.6 Å². The second-order valence-electron chi connectivity index (χ2n) is 16.2. The highest BCUT2D eigenvalue weighted by atomic mass is 16.3. The molecule has 0 aliphatic rings. The van der Waals surface area contributed by atoms with Gasteiger partial charge in [0.1, 0.15) is 0 Å². The summed E-state index contributed by atoms with van der Waals surface area (Å²) in [5.41, 5.74) is 27.0. The Bertz CT molecular complexity index is 1480. The topological polar surface area (TPSA) is 360 Å².